The van der Waals surface area contributed by atoms with Crippen molar-refractivity contribution in [1.82, 2.24) is 0 Å². The van der Waals surface area contributed by atoms with Gasteiger partial charge in [-0.3, -0.25) is 0 Å². The summed E-state index contributed by atoms with van der Waals surface area (Å²) in [5.41, 5.74) is 2.64. The molecule has 0 saturated heterocycles. The molecular weight excluding hydrogens is 642 g/mol. The molecule has 0 heterocycles. The molecule has 142 valence electrons. The van der Waals surface area contributed by atoms with E-state index in [-0.39, 0.29) is 42.1 Å². The first-order chi connectivity index (χ1) is 9.73. The maximum Gasteiger partial charge on any atom is 0 e. The largest absolute Gasteiger partial charge is 0.328 e. The third-order valence-electron chi connectivity index (χ3n) is 3.36. The Morgan fingerprint density at radius 2 is 1.09 bits per heavy atom. The van der Waals surface area contributed by atoms with Crippen molar-refractivity contribution in [2.45, 2.75) is 80.1 Å². The van der Waals surface area contributed by atoms with Gasteiger partial charge in [0, 0.05) is 42.1 Å². The van der Waals surface area contributed by atoms with Gasteiger partial charge in [-0.25, -0.2) is 0 Å². The number of rotatable bonds is 6. The summed E-state index contributed by atoms with van der Waals surface area (Å²) in [5.74, 6) is 2.85. The summed E-state index contributed by atoms with van der Waals surface area (Å²) in [7, 11) is 0. The molecule has 0 spiro atoms. The van der Waals surface area contributed by atoms with Crippen LogP contribution in [-0.2, 0) is 42.1 Å². The van der Waals surface area contributed by atoms with Crippen LogP contribution in [0.15, 0.2) is 18.2 Å². The molecule has 0 radical (unpaired) electrons. The average molecular weight is 679 g/mol. The third kappa shape index (κ3) is 15.8. The maximum absolute atomic E-state index is 3.44. The minimum absolute atomic E-state index is 0. The van der Waals surface area contributed by atoms with Crippen LogP contribution in [0.4, 0.5) is 0 Å². The van der Waals surface area contributed by atoms with Gasteiger partial charge in [-0.05, 0) is 11.8 Å². The summed E-state index contributed by atoms with van der Waals surface area (Å²) < 4.78 is 0. The van der Waals surface area contributed by atoms with Gasteiger partial charge in [-0.1, -0.05) is 67.2 Å². The van der Waals surface area contributed by atoms with Crippen molar-refractivity contribution < 1.29 is 42.1 Å². The van der Waals surface area contributed by atoms with E-state index in [9.17, 15) is 0 Å². The second-order valence-corrected chi connectivity index (χ2v) is 7.42. The summed E-state index contributed by atoms with van der Waals surface area (Å²) in [6, 6.07) is 9.87. The van der Waals surface area contributed by atoms with Crippen molar-refractivity contribution >= 4 is 0 Å². The Morgan fingerprint density at radius 1 is 0.739 bits per heavy atom. The minimum atomic E-state index is 0. The second-order valence-electron chi connectivity index (χ2n) is 7.42. The zero-order chi connectivity index (χ0) is 16.4. The molecule has 1 aromatic rings. The fraction of sp³-hybridized carbons (Fsp3) is 0.667. The molecule has 0 bridgehead atoms. The molecule has 0 atom stereocenters. The van der Waals surface area contributed by atoms with E-state index >= 15 is 0 Å². The Kier molecular flexibility index (Phi) is 19.9. The molecule has 0 aliphatic rings. The van der Waals surface area contributed by atoms with E-state index in [1.165, 1.54) is 24.0 Å². The Hall–Kier alpha value is 0.597. The van der Waals surface area contributed by atoms with Crippen LogP contribution in [0.5, 0.6) is 0 Å². The summed E-state index contributed by atoms with van der Waals surface area (Å²) in [5, 5.41) is 0. The van der Waals surface area contributed by atoms with Gasteiger partial charge in [0.25, 0.3) is 0 Å². The molecule has 0 saturated carbocycles. The zero-order valence-electron chi connectivity index (χ0n) is 16.2. The first-order valence-corrected chi connectivity index (χ1v) is 8.57. The van der Waals surface area contributed by atoms with Gasteiger partial charge >= 0.3 is 0 Å². The van der Waals surface area contributed by atoms with Crippen molar-refractivity contribution in [1.29, 1.82) is 0 Å². The predicted molar refractivity (Wildman–Crippen MR) is 96.7 cm³/mol. The molecule has 0 aromatic heterocycles. The Labute approximate surface area is 175 Å². The smallest absolute Gasteiger partial charge is 0 e. The molecule has 0 amide bonds. The van der Waals surface area contributed by atoms with Crippen LogP contribution in [0.2, 0.25) is 0 Å². The Balaban J connectivity index is -0.000000332. The van der Waals surface area contributed by atoms with Gasteiger partial charge in [0.05, 0.1) is 0 Å². The van der Waals surface area contributed by atoms with Gasteiger partial charge in [0.2, 0.25) is 0 Å². The molecule has 0 aliphatic carbocycles. The van der Waals surface area contributed by atoms with E-state index < -0.39 is 0 Å². The number of hydrogen-bond donors (Lipinski definition) is 0. The standard InChI is InChI=1S/C12H17.C9H19.2Pt/c1-9(2)11-6-5-7-12(8-11)10(3)4;1-8(2)6-5-7-9(3)4;;/h5-7,9-10H,1-4H3;5,8-9H,6-7H2,1-4H3;;/q2*-1;;. The van der Waals surface area contributed by atoms with Crippen LogP contribution < -0.4 is 0 Å². The zero-order valence-corrected chi connectivity index (χ0v) is 20.7. The first-order valence-electron chi connectivity index (χ1n) is 8.57. The summed E-state index contributed by atoms with van der Waals surface area (Å²) in [6.45, 7) is 17.9. The monoisotopic (exact) mass is 678 g/mol. The normalized spacial score (nSPS) is 10.3. The molecule has 0 N–H and O–H groups in total. The quantitative estimate of drug-likeness (QED) is 0.284. The van der Waals surface area contributed by atoms with Crippen LogP contribution in [0.1, 0.15) is 91.2 Å². The van der Waals surface area contributed by atoms with Crippen molar-refractivity contribution in [3.05, 3.63) is 41.8 Å². The van der Waals surface area contributed by atoms with Crippen molar-refractivity contribution in [2.75, 3.05) is 0 Å². The van der Waals surface area contributed by atoms with Crippen LogP contribution >= 0.6 is 0 Å². The van der Waals surface area contributed by atoms with Crippen LogP contribution in [0, 0.1) is 24.3 Å². The molecule has 2 heteroatoms. The first kappa shape index (κ1) is 28.4. The Bertz CT molecular complexity index is 337. The van der Waals surface area contributed by atoms with Gasteiger partial charge in [0.1, 0.15) is 0 Å². The van der Waals surface area contributed by atoms with Crippen LogP contribution in [0.25, 0.3) is 0 Å². The fourth-order valence-corrected chi connectivity index (χ4v) is 1.94. The average Bonchev–Trinajstić information content (AvgIpc) is 2.38. The summed E-state index contributed by atoms with van der Waals surface area (Å²) >= 11 is 0. The molecule has 1 rings (SSSR count). The minimum Gasteiger partial charge on any atom is -0.328 e. The van der Waals surface area contributed by atoms with E-state index in [4.69, 9.17) is 0 Å². The van der Waals surface area contributed by atoms with Gasteiger partial charge in [-0.2, -0.15) is 48.2 Å². The van der Waals surface area contributed by atoms with Crippen LogP contribution in [-0.4, -0.2) is 0 Å². The van der Waals surface area contributed by atoms with E-state index in [0.717, 1.165) is 11.8 Å². The third-order valence-corrected chi connectivity index (χ3v) is 3.36. The summed E-state index contributed by atoms with van der Waals surface area (Å²) in [6.07, 6.45) is 4.95. The predicted octanol–water partition coefficient (Wildman–Crippen LogP) is 7.01. The fourth-order valence-electron chi connectivity index (χ4n) is 1.94. The number of benzene rings is 1. The van der Waals surface area contributed by atoms with Crippen molar-refractivity contribution in [3.8, 4) is 0 Å². The second kappa shape index (κ2) is 16.1. The molecular formula is C21H36Pt2-2. The topological polar surface area (TPSA) is 0 Å². The number of hydrogen-bond acceptors (Lipinski definition) is 0. The molecule has 0 nitrogen and oxygen atoms in total. The molecule has 0 fully saturated rings. The SMILES string of the molecule is CC(C)C[CH-]CC(C)C.CC(C)c1[c-]c(C(C)C)ccc1.[Pt].[Pt]. The molecule has 23 heavy (non-hydrogen) atoms. The van der Waals surface area contributed by atoms with E-state index in [0.29, 0.717) is 11.8 Å². The van der Waals surface area contributed by atoms with Gasteiger partial charge < -0.3 is 6.42 Å². The Morgan fingerprint density at radius 3 is 1.35 bits per heavy atom. The van der Waals surface area contributed by atoms with E-state index in [1.807, 2.05) is 0 Å². The van der Waals surface area contributed by atoms with Crippen molar-refractivity contribution in [3.63, 3.8) is 0 Å². The van der Waals surface area contributed by atoms with Gasteiger partial charge in [-0.15, -0.1) is 0 Å². The molecule has 0 aliphatic heterocycles. The molecule has 1 aromatic carbocycles. The maximum atomic E-state index is 3.44. The summed E-state index contributed by atoms with van der Waals surface area (Å²) in [4.78, 5) is 0. The molecule has 0 unspecified atom stereocenters. The van der Waals surface area contributed by atoms with Crippen molar-refractivity contribution in [2.24, 2.45) is 11.8 Å². The van der Waals surface area contributed by atoms with E-state index in [2.05, 4.69) is 86.1 Å². The van der Waals surface area contributed by atoms with E-state index in [1.54, 1.807) is 0 Å². The van der Waals surface area contributed by atoms with Gasteiger partial charge in [0.15, 0.2) is 0 Å². The van der Waals surface area contributed by atoms with Crippen LogP contribution in [0.3, 0.4) is 0 Å².